The van der Waals surface area contributed by atoms with Gasteiger partial charge in [-0.15, -0.1) is 0 Å². The van der Waals surface area contributed by atoms with Gasteiger partial charge < -0.3 is 20.4 Å². The standard InChI is InChI=1S/C17H25N3O/c1-2-20-8-5-13(6-9-20)7-10-21-14-3-4-17-15(11-14)16(18)12-19-17/h3-4,11-13,19H,2,5-10,18H2,1H3. The van der Waals surface area contributed by atoms with Crippen molar-refractivity contribution in [1.82, 2.24) is 9.88 Å². The summed E-state index contributed by atoms with van der Waals surface area (Å²) in [5.41, 5.74) is 7.77. The summed E-state index contributed by atoms with van der Waals surface area (Å²) in [6, 6.07) is 6.07. The Bertz CT molecular complexity index is 585. The SMILES string of the molecule is CCN1CCC(CCOc2ccc3[nH]cc(N)c3c2)CC1. The number of aromatic amines is 1. The monoisotopic (exact) mass is 287 g/mol. The number of nitrogens with two attached hydrogens (primary N) is 1. The number of rotatable bonds is 5. The van der Waals surface area contributed by atoms with E-state index >= 15 is 0 Å². The fourth-order valence-electron chi connectivity index (χ4n) is 3.15. The number of piperidine rings is 1. The van der Waals surface area contributed by atoms with E-state index in [2.05, 4.69) is 16.8 Å². The first-order valence-electron chi connectivity index (χ1n) is 7.98. The number of likely N-dealkylation sites (tertiary alicyclic amines) is 1. The van der Waals surface area contributed by atoms with Crippen LogP contribution in [0.3, 0.4) is 0 Å². The Labute approximate surface area is 126 Å². The van der Waals surface area contributed by atoms with Crippen molar-refractivity contribution < 1.29 is 4.74 Å². The highest BCUT2D eigenvalue weighted by atomic mass is 16.5. The maximum absolute atomic E-state index is 5.93. The Morgan fingerprint density at radius 1 is 1.33 bits per heavy atom. The molecule has 1 aromatic carbocycles. The molecule has 1 saturated heterocycles. The van der Waals surface area contributed by atoms with Crippen molar-refractivity contribution in [3.63, 3.8) is 0 Å². The molecule has 2 aromatic rings. The van der Waals surface area contributed by atoms with E-state index in [1.807, 2.05) is 24.4 Å². The summed E-state index contributed by atoms with van der Waals surface area (Å²) in [4.78, 5) is 5.68. The number of nitrogens with zero attached hydrogens (tertiary/aromatic N) is 1. The number of benzene rings is 1. The van der Waals surface area contributed by atoms with Gasteiger partial charge in [-0.1, -0.05) is 6.92 Å². The third-order valence-corrected chi connectivity index (χ3v) is 4.63. The Balaban J connectivity index is 1.49. The highest BCUT2D eigenvalue weighted by Gasteiger charge is 2.17. The van der Waals surface area contributed by atoms with Crippen LogP contribution in [0.2, 0.25) is 0 Å². The molecule has 3 rings (SSSR count). The minimum absolute atomic E-state index is 0.780. The van der Waals surface area contributed by atoms with E-state index in [0.717, 1.165) is 41.3 Å². The van der Waals surface area contributed by atoms with Gasteiger partial charge in [0.2, 0.25) is 0 Å². The van der Waals surface area contributed by atoms with E-state index in [1.54, 1.807) is 0 Å². The number of ether oxygens (including phenoxy) is 1. The van der Waals surface area contributed by atoms with Crippen molar-refractivity contribution >= 4 is 16.6 Å². The lowest BCUT2D eigenvalue weighted by atomic mass is 9.94. The third kappa shape index (κ3) is 3.32. The molecular formula is C17H25N3O. The van der Waals surface area contributed by atoms with Crippen LogP contribution in [-0.2, 0) is 0 Å². The van der Waals surface area contributed by atoms with E-state index in [1.165, 1.54) is 32.5 Å². The lowest BCUT2D eigenvalue weighted by Crippen LogP contribution is -2.33. The lowest BCUT2D eigenvalue weighted by Gasteiger charge is -2.30. The second-order valence-corrected chi connectivity index (χ2v) is 5.97. The summed E-state index contributed by atoms with van der Waals surface area (Å²) >= 11 is 0. The first-order chi connectivity index (χ1) is 10.3. The summed E-state index contributed by atoms with van der Waals surface area (Å²) in [5.74, 6) is 1.73. The molecule has 0 radical (unpaired) electrons. The highest BCUT2D eigenvalue weighted by Crippen LogP contribution is 2.26. The lowest BCUT2D eigenvalue weighted by molar-refractivity contribution is 0.169. The van der Waals surface area contributed by atoms with Crippen molar-refractivity contribution in [2.45, 2.75) is 26.2 Å². The molecule has 4 nitrogen and oxygen atoms in total. The van der Waals surface area contributed by atoms with Crippen LogP contribution in [0.5, 0.6) is 5.75 Å². The average Bonchev–Trinajstić information content (AvgIpc) is 2.89. The number of aromatic nitrogens is 1. The van der Waals surface area contributed by atoms with E-state index in [9.17, 15) is 0 Å². The molecule has 0 saturated carbocycles. The Kier molecular flexibility index (Phi) is 4.34. The van der Waals surface area contributed by atoms with Crippen LogP contribution in [-0.4, -0.2) is 36.1 Å². The topological polar surface area (TPSA) is 54.3 Å². The zero-order chi connectivity index (χ0) is 14.7. The van der Waals surface area contributed by atoms with Gasteiger partial charge in [0, 0.05) is 17.1 Å². The zero-order valence-electron chi connectivity index (χ0n) is 12.8. The number of H-pyrrole nitrogens is 1. The largest absolute Gasteiger partial charge is 0.494 e. The molecule has 1 aromatic heterocycles. The third-order valence-electron chi connectivity index (χ3n) is 4.63. The van der Waals surface area contributed by atoms with E-state index in [4.69, 9.17) is 10.5 Å². The number of nitrogen functional groups attached to an aromatic ring is 1. The van der Waals surface area contributed by atoms with Gasteiger partial charge in [0.05, 0.1) is 12.3 Å². The van der Waals surface area contributed by atoms with Gasteiger partial charge in [-0.05, 0) is 63.0 Å². The summed E-state index contributed by atoms with van der Waals surface area (Å²) in [6.45, 7) is 6.71. The molecule has 2 heterocycles. The molecule has 0 atom stereocenters. The van der Waals surface area contributed by atoms with Gasteiger partial charge in [0.15, 0.2) is 0 Å². The number of hydrogen-bond donors (Lipinski definition) is 2. The normalized spacial score (nSPS) is 17.4. The van der Waals surface area contributed by atoms with Crippen LogP contribution < -0.4 is 10.5 Å². The smallest absolute Gasteiger partial charge is 0.120 e. The Morgan fingerprint density at radius 3 is 2.90 bits per heavy atom. The molecule has 1 fully saturated rings. The number of anilines is 1. The molecule has 4 heteroatoms. The van der Waals surface area contributed by atoms with Crippen LogP contribution in [0, 0.1) is 5.92 Å². The summed E-state index contributed by atoms with van der Waals surface area (Å²) in [7, 11) is 0. The summed E-state index contributed by atoms with van der Waals surface area (Å²) < 4.78 is 5.91. The van der Waals surface area contributed by atoms with E-state index in [-0.39, 0.29) is 0 Å². The molecule has 0 spiro atoms. The first-order valence-corrected chi connectivity index (χ1v) is 7.98. The average molecular weight is 287 g/mol. The van der Waals surface area contributed by atoms with Gasteiger partial charge >= 0.3 is 0 Å². The molecular weight excluding hydrogens is 262 g/mol. The van der Waals surface area contributed by atoms with E-state index in [0.29, 0.717) is 0 Å². The van der Waals surface area contributed by atoms with Crippen molar-refractivity contribution in [2.75, 3.05) is 32.0 Å². The second kappa shape index (κ2) is 6.39. The molecule has 1 aliphatic heterocycles. The number of nitrogens with one attached hydrogen (secondary N) is 1. The van der Waals surface area contributed by atoms with Gasteiger partial charge in [-0.2, -0.15) is 0 Å². The Hall–Kier alpha value is -1.68. The predicted octanol–water partition coefficient (Wildman–Crippen LogP) is 3.25. The molecule has 0 bridgehead atoms. The van der Waals surface area contributed by atoms with Crippen LogP contribution >= 0.6 is 0 Å². The van der Waals surface area contributed by atoms with Gasteiger partial charge in [0.1, 0.15) is 5.75 Å². The highest BCUT2D eigenvalue weighted by molar-refractivity contribution is 5.92. The van der Waals surface area contributed by atoms with Crippen LogP contribution in [0.25, 0.3) is 10.9 Å². The minimum Gasteiger partial charge on any atom is -0.494 e. The summed E-state index contributed by atoms with van der Waals surface area (Å²) in [6.07, 6.45) is 5.59. The molecule has 0 amide bonds. The van der Waals surface area contributed by atoms with Crippen molar-refractivity contribution in [2.24, 2.45) is 5.92 Å². The maximum atomic E-state index is 5.93. The van der Waals surface area contributed by atoms with E-state index < -0.39 is 0 Å². The molecule has 0 unspecified atom stereocenters. The molecule has 0 aliphatic carbocycles. The number of fused-ring (bicyclic) bond motifs is 1. The minimum atomic E-state index is 0.780. The second-order valence-electron chi connectivity index (χ2n) is 5.97. The van der Waals surface area contributed by atoms with Crippen LogP contribution in [0.15, 0.2) is 24.4 Å². The molecule has 3 N–H and O–H groups in total. The Morgan fingerprint density at radius 2 is 2.14 bits per heavy atom. The van der Waals surface area contributed by atoms with Crippen LogP contribution in [0.4, 0.5) is 5.69 Å². The predicted molar refractivity (Wildman–Crippen MR) is 87.7 cm³/mol. The fourth-order valence-corrected chi connectivity index (χ4v) is 3.15. The van der Waals surface area contributed by atoms with Crippen LogP contribution in [0.1, 0.15) is 26.2 Å². The molecule has 114 valence electrons. The molecule has 1 aliphatic rings. The van der Waals surface area contributed by atoms with Gasteiger partial charge in [-0.25, -0.2) is 0 Å². The number of hydrogen-bond acceptors (Lipinski definition) is 3. The molecule has 21 heavy (non-hydrogen) atoms. The zero-order valence-corrected chi connectivity index (χ0v) is 12.8. The van der Waals surface area contributed by atoms with Crippen molar-refractivity contribution in [1.29, 1.82) is 0 Å². The first kappa shape index (κ1) is 14.3. The quantitative estimate of drug-likeness (QED) is 0.887. The van der Waals surface area contributed by atoms with Gasteiger partial charge in [0.25, 0.3) is 0 Å². The van der Waals surface area contributed by atoms with Crippen molar-refractivity contribution in [3.05, 3.63) is 24.4 Å². The maximum Gasteiger partial charge on any atom is 0.120 e. The fraction of sp³-hybridized carbons (Fsp3) is 0.529. The van der Waals surface area contributed by atoms with Crippen molar-refractivity contribution in [3.8, 4) is 5.75 Å². The summed E-state index contributed by atoms with van der Waals surface area (Å²) in [5, 5.41) is 1.05. The van der Waals surface area contributed by atoms with Gasteiger partial charge in [-0.3, -0.25) is 0 Å².